The van der Waals surface area contributed by atoms with Gasteiger partial charge in [0.15, 0.2) is 0 Å². The Morgan fingerprint density at radius 3 is 2.83 bits per heavy atom. The highest BCUT2D eigenvalue weighted by Crippen LogP contribution is 2.13. The van der Waals surface area contributed by atoms with E-state index in [0.29, 0.717) is 24.8 Å². The van der Waals surface area contributed by atoms with Crippen LogP contribution in [0.2, 0.25) is 0 Å². The van der Waals surface area contributed by atoms with Gasteiger partial charge in [-0.25, -0.2) is 0 Å². The van der Waals surface area contributed by atoms with E-state index < -0.39 is 0 Å². The molecule has 2 N–H and O–H groups in total. The maximum Gasteiger partial charge on any atom is 0.138 e. The van der Waals surface area contributed by atoms with Crippen LogP contribution in [0.4, 0.5) is 0 Å². The number of aromatic nitrogens is 1. The molecule has 102 valence electrons. The molecule has 0 aliphatic heterocycles. The lowest BCUT2D eigenvalue weighted by atomic mass is 10.1. The molecule has 0 aliphatic rings. The summed E-state index contributed by atoms with van der Waals surface area (Å²) in [6, 6.07) is 3.48. The Bertz CT molecular complexity index is 354. The van der Waals surface area contributed by atoms with E-state index in [1.54, 1.807) is 12.1 Å². The van der Waals surface area contributed by atoms with Crippen LogP contribution in [0.25, 0.3) is 0 Å². The monoisotopic (exact) mass is 252 g/mol. The third kappa shape index (κ3) is 5.98. The van der Waals surface area contributed by atoms with Crippen molar-refractivity contribution in [1.82, 2.24) is 10.3 Å². The zero-order valence-corrected chi connectivity index (χ0v) is 11.6. The molecule has 0 saturated heterocycles. The van der Waals surface area contributed by atoms with Crippen molar-refractivity contribution in [3.05, 3.63) is 23.5 Å². The van der Waals surface area contributed by atoms with Gasteiger partial charge in [-0.1, -0.05) is 13.8 Å². The summed E-state index contributed by atoms with van der Waals surface area (Å²) in [4.78, 5) is 4.28. The first kappa shape index (κ1) is 14.9. The van der Waals surface area contributed by atoms with Crippen LogP contribution in [0.5, 0.6) is 5.75 Å². The van der Waals surface area contributed by atoms with Gasteiger partial charge in [0.2, 0.25) is 0 Å². The second-order valence-electron chi connectivity index (χ2n) is 4.89. The van der Waals surface area contributed by atoms with Gasteiger partial charge in [0.1, 0.15) is 5.75 Å². The predicted octanol–water partition coefficient (Wildman–Crippen LogP) is 2.25. The van der Waals surface area contributed by atoms with E-state index in [0.717, 1.165) is 25.3 Å². The van der Waals surface area contributed by atoms with Crippen molar-refractivity contribution in [2.75, 3.05) is 19.8 Å². The minimum Gasteiger partial charge on any atom is -0.506 e. The molecule has 0 radical (unpaired) electrons. The number of pyridine rings is 1. The number of nitrogens with one attached hydrogen (secondary N) is 1. The van der Waals surface area contributed by atoms with Crippen molar-refractivity contribution in [2.24, 2.45) is 5.92 Å². The molecule has 0 aromatic carbocycles. The molecule has 0 unspecified atom stereocenters. The molecule has 1 heterocycles. The van der Waals surface area contributed by atoms with Crippen molar-refractivity contribution < 1.29 is 9.84 Å². The van der Waals surface area contributed by atoms with Gasteiger partial charge in [-0.15, -0.1) is 0 Å². The van der Waals surface area contributed by atoms with Gasteiger partial charge >= 0.3 is 0 Å². The van der Waals surface area contributed by atoms with Gasteiger partial charge in [0.25, 0.3) is 0 Å². The van der Waals surface area contributed by atoms with Crippen molar-refractivity contribution in [1.29, 1.82) is 0 Å². The summed E-state index contributed by atoms with van der Waals surface area (Å²) in [6.07, 6.45) is 1.10. The van der Waals surface area contributed by atoms with E-state index >= 15 is 0 Å². The van der Waals surface area contributed by atoms with E-state index in [-0.39, 0.29) is 5.75 Å². The molecule has 4 heteroatoms. The Kier molecular flexibility index (Phi) is 6.68. The number of hydrogen-bond donors (Lipinski definition) is 2. The van der Waals surface area contributed by atoms with Crippen LogP contribution in [0.15, 0.2) is 12.1 Å². The summed E-state index contributed by atoms with van der Waals surface area (Å²) in [6.45, 7) is 9.14. The molecule has 0 fully saturated rings. The molecule has 1 rings (SSSR count). The van der Waals surface area contributed by atoms with Crippen molar-refractivity contribution >= 4 is 0 Å². The molecule has 0 aliphatic carbocycles. The Morgan fingerprint density at radius 2 is 2.11 bits per heavy atom. The molecular weight excluding hydrogens is 228 g/mol. The van der Waals surface area contributed by atoms with Gasteiger partial charge in [-0.2, -0.15) is 0 Å². The fourth-order valence-corrected chi connectivity index (χ4v) is 1.51. The molecule has 0 amide bonds. The minimum absolute atomic E-state index is 0.244. The van der Waals surface area contributed by atoms with E-state index in [1.807, 2.05) is 6.92 Å². The van der Waals surface area contributed by atoms with E-state index in [9.17, 15) is 5.11 Å². The van der Waals surface area contributed by atoms with Crippen LogP contribution in [0.3, 0.4) is 0 Å². The van der Waals surface area contributed by atoms with Crippen LogP contribution in [0.1, 0.15) is 31.7 Å². The maximum atomic E-state index is 9.60. The Morgan fingerprint density at radius 1 is 1.33 bits per heavy atom. The summed E-state index contributed by atoms with van der Waals surface area (Å²) in [5.41, 5.74) is 1.61. The third-order valence-electron chi connectivity index (χ3n) is 2.64. The standard InChI is InChI=1S/C14H24N2O2/c1-11(2)6-8-18-9-7-15-10-13-14(17)5-4-12(3)16-13/h4-5,11,15,17H,6-10H2,1-3H3. The highest BCUT2D eigenvalue weighted by molar-refractivity contribution is 5.27. The van der Waals surface area contributed by atoms with Crippen LogP contribution in [-0.2, 0) is 11.3 Å². The van der Waals surface area contributed by atoms with Gasteiger partial charge in [-0.05, 0) is 31.4 Å². The lowest BCUT2D eigenvalue weighted by Gasteiger charge is -2.08. The lowest BCUT2D eigenvalue weighted by Crippen LogP contribution is -2.20. The SMILES string of the molecule is Cc1ccc(O)c(CNCCOCCC(C)C)n1. The second kappa shape index (κ2) is 8.06. The minimum atomic E-state index is 0.244. The second-order valence-corrected chi connectivity index (χ2v) is 4.89. The van der Waals surface area contributed by atoms with E-state index in [2.05, 4.69) is 24.1 Å². The highest BCUT2D eigenvalue weighted by Gasteiger charge is 2.02. The molecule has 0 atom stereocenters. The first-order valence-electron chi connectivity index (χ1n) is 6.53. The maximum absolute atomic E-state index is 9.60. The number of aromatic hydroxyl groups is 1. The van der Waals surface area contributed by atoms with Gasteiger partial charge in [0.05, 0.1) is 12.3 Å². The Labute approximate surface area is 109 Å². The first-order valence-corrected chi connectivity index (χ1v) is 6.53. The largest absolute Gasteiger partial charge is 0.506 e. The molecular formula is C14H24N2O2. The summed E-state index contributed by atoms with van der Waals surface area (Å²) in [7, 11) is 0. The van der Waals surface area contributed by atoms with Gasteiger partial charge in [0, 0.05) is 25.4 Å². The zero-order valence-electron chi connectivity index (χ0n) is 11.6. The topological polar surface area (TPSA) is 54.4 Å². The smallest absolute Gasteiger partial charge is 0.138 e. The Balaban J connectivity index is 2.12. The number of hydrogen-bond acceptors (Lipinski definition) is 4. The fraction of sp³-hybridized carbons (Fsp3) is 0.643. The van der Waals surface area contributed by atoms with Crippen LogP contribution < -0.4 is 5.32 Å². The van der Waals surface area contributed by atoms with Crippen molar-refractivity contribution in [2.45, 2.75) is 33.7 Å². The van der Waals surface area contributed by atoms with Crippen molar-refractivity contribution in [3.63, 3.8) is 0 Å². The molecule has 0 spiro atoms. The quantitative estimate of drug-likeness (QED) is 0.697. The molecule has 1 aromatic heterocycles. The molecule has 0 bridgehead atoms. The van der Waals surface area contributed by atoms with E-state index in [1.165, 1.54) is 0 Å². The van der Waals surface area contributed by atoms with Crippen LogP contribution >= 0.6 is 0 Å². The predicted molar refractivity (Wildman–Crippen MR) is 72.6 cm³/mol. The van der Waals surface area contributed by atoms with Gasteiger partial charge < -0.3 is 15.2 Å². The third-order valence-corrected chi connectivity index (χ3v) is 2.64. The summed E-state index contributed by atoms with van der Waals surface area (Å²) < 4.78 is 5.49. The van der Waals surface area contributed by atoms with Crippen LogP contribution in [0, 0.1) is 12.8 Å². The average Bonchev–Trinajstić information content (AvgIpc) is 2.32. The fourth-order valence-electron chi connectivity index (χ4n) is 1.51. The summed E-state index contributed by atoms with van der Waals surface area (Å²) in [5.74, 6) is 0.931. The van der Waals surface area contributed by atoms with Gasteiger partial charge in [-0.3, -0.25) is 4.98 Å². The first-order chi connectivity index (χ1) is 8.59. The van der Waals surface area contributed by atoms with E-state index in [4.69, 9.17) is 4.74 Å². The number of nitrogens with zero attached hydrogens (tertiary/aromatic N) is 1. The highest BCUT2D eigenvalue weighted by atomic mass is 16.5. The summed E-state index contributed by atoms with van der Waals surface area (Å²) >= 11 is 0. The van der Waals surface area contributed by atoms with Crippen LogP contribution in [-0.4, -0.2) is 29.8 Å². The molecule has 18 heavy (non-hydrogen) atoms. The lowest BCUT2D eigenvalue weighted by molar-refractivity contribution is 0.125. The average molecular weight is 252 g/mol. The normalized spacial score (nSPS) is 11.1. The Hall–Kier alpha value is -1.13. The number of aryl methyl sites for hydroxylation is 1. The number of rotatable bonds is 8. The number of ether oxygens (including phenoxy) is 1. The molecule has 4 nitrogen and oxygen atoms in total. The molecule has 1 aromatic rings. The van der Waals surface area contributed by atoms with Crippen molar-refractivity contribution in [3.8, 4) is 5.75 Å². The summed E-state index contributed by atoms with van der Waals surface area (Å²) in [5, 5.41) is 12.8. The molecule has 0 saturated carbocycles. The zero-order chi connectivity index (χ0) is 13.4.